The molecule has 4 aromatic rings. The van der Waals surface area contributed by atoms with Crippen LogP contribution in [0.3, 0.4) is 0 Å². The van der Waals surface area contributed by atoms with Crippen LogP contribution >= 0.6 is 11.6 Å². The lowest BCUT2D eigenvalue weighted by Crippen LogP contribution is -2.30. The number of halogens is 4. The van der Waals surface area contributed by atoms with Crippen molar-refractivity contribution in [1.29, 1.82) is 0 Å². The Bertz CT molecular complexity index is 1580. The number of nitrogens with two attached hydrogens (primary N) is 2. The molecule has 1 aromatic heterocycles. The first-order valence-corrected chi connectivity index (χ1v) is 12.9. The van der Waals surface area contributed by atoms with E-state index in [9.17, 15) is 21.6 Å². The average molecular weight is 548 g/mol. The van der Waals surface area contributed by atoms with Crippen molar-refractivity contribution in [3.8, 4) is 16.8 Å². The smallest absolute Gasteiger partial charge is 0.403 e. The number of hydrogen-bond acceptors (Lipinski definition) is 6. The molecule has 0 aliphatic rings. The van der Waals surface area contributed by atoms with E-state index in [0.717, 1.165) is 18.8 Å². The van der Waals surface area contributed by atoms with Gasteiger partial charge < -0.3 is 10.3 Å². The molecule has 37 heavy (non-hydrogen) atoms. The highest BCUT2D eigenvalue weighted by molar-refractivity contribution is 7.90. The van der Waals surface area contributed by atoms with Gasteiger partial charge in [0.05, 0.1) is 28.3 Å². The summed E-state index contributed by atoms with van der Waals surface area (Å²) in [7, 11) is -3.47. The molecule has 3 aromatic carbocycles. The summed E-state index contributed by atoms with van der Waals surface area (Å²) in [5.41, 5.74) is 7.47. The van der Waals surface area contributed by atoms with E-state index in [-0.39, 0.29) is 16.3 Å². The first kappa shape index (κ1) is 26.3. The molecule has 0 bridgehead atoms. The molecule has 0 amide bonds. The molecular weight excluding hydrogens is 527 g/mol. The second-order valence-electron chi connectivity index (χ2n) is 8.10. The van der Waals surface area contributed by atoms with E-state index in [1.54, 1.807) is 54.6 Å². The number of hydrazine groups is 1. The van der Waals surface area contributed by atoms with Gasteiger partial charge in [-0.05, 0) is 47.5 Å². The molecule has 0 aliphatic carbocycles. The van der Waals surface area contributed by atoms with Crippen molar-refractivity contribution in [3.63, 3.8) is 0 Å². The maximum Gasteiger partial charge on any atom is 0.434 e. The third-order valence-corrected chi connectivity index (χ3v) is 6.90. The van der Waals surface area contributed by atoms with E-state index in [4.69, 9.17) is 23.2 Å². The summed E-state index contributed by atoms with van der Waals surface area (Å²) in [5, 5.41) is 1.73. The molecule has 12 heteroatoms. The number of benzene rings is 3. The number of aromatic nitrogens is 2. The SMILES string of the molecule is CS(=O)(=O)c1cccc(-c2ccc(-n3cnc(C(F)(F)F)c3)c(N(N)/C(=C\N)c3ccc(Cl)cc3)c2)c1. The van der Waals surface area contributed by atoms with E-state index in [2.05, 4.69) is 4.98 Å². The number of sulfone groups is 1. The summed E-state index contributed by atoms with van der Waals surface area (Å²) >= 11 is 5.99. The standard InChI is InChI=1S/C25H21ClF3N5O2S/c1-37(35,36)20-4-2-3-17(11-20)18-7-10-21(33-14-24(32-15-33)25(27,28)29)22(12-18)34(31)23(13-30)16-5-8-19(26)9-6-16/h2-15H,30-31H2,1H3/b23-13-. The Balaban J connectivity index is 1.89. The van der Waals surface area contributed by atoms with Gasteiger partial charge in [-0.2, -0.15) is 13.2 Å². The van der Waals surface area contributed by atoms with Gasteiger partial charge in [-0.1, -0.05) is 41.9 Å². The molecule has 1 heterocycles. The topological polar surface area (TPSA) is 107 Å². The Hall–Kier alpha value is -3.80. The minimum atomic E-state index is -4.63. The van der Waals surface area contributed by atoms with Crippen LogP contribution < -0.4 is 16.6 Å². The number of nitrogens with zero attached hydrogens (tertiary/aromatic N) is 3. The van der Waals surface area contributed by atoms with Crippen molar-refractivity contribution in [2.24, 2.45) is 11.6 Å². The largest absolute Gasteiger partial charge is 0.434 e. The van der Waals surface area contributed by atoms with Crippen LogP contribution in [0, 0.1) is 0 Å². The summed E-state index contributed by atoms with van der Waals surface area (Å²) in [5.74, 6) is 6.50. The highest BCUT2D eigenvalue weighted by Gasteiger charge is 2.34. The van der Waals surface area contributed by atoms with E-state index in [1.165, 1.54) is 27.9 Å². The minimum absolute atomic E-state index is 0.119. The number of rotatable bonds is 6. The normalized spacial score (nSPS) is 12.5. The second kappa shape index (κ2) is 9.92. The zero-order valence-corrected chi connectivity index (χ0v) is 20.9. The predicted octanol–water partition coefficient (Wildman–Crippen LogP) is 5.25. The van der Waals surface area contributed by atoms with Gasteiger partial charge in [0.1, 0.15) is 0 Å². The van der Waals surface area contributed by atoms with Crippen molar-refractivity contribution in [1.82, 2.24) is 9.55 Å². The van der Waals surface area contributed by atoms with Crippen molar-refractivity contribution >= 4 is 32.8 Å². The van der Waals surface area contributed by atoms with E-state index < -0.39 is 21.7 Å². The molecule has 0 saturated heterocycles. The fraction of sp³-hybridized carbons (Fsp3) is 0.0800. The number of hydrogen-bond donors (Lipinski definition) is 2. The maximum atomic E-state index is 13.2. The Morgan fingerprint density at radius 1 is 1.05 bits per heavy atom. The van der Waals surface area contributed by atoms with Crippen LogP contribution in [0.5, 0.6) is 0 Å². The molecule has 4 rings (SSSR count). The van der Waals surface area contributed by atoms with Crippen LogP contribution in [0.25, 0.3) is 22.5 Å². The Labute approximate surface area is 216 Å². The lowest BCUT2D eigenvalue weighted by Gasteiger charge is -2.25. The van der Waals surface area contributed by atoms with Crippen LogP contribution in [0.2, 0.25) is 5.02 Å². The van der Waals surface area contributed by atoms with Gasteiger partial charge >= 0.3 is 6.18 Å². The molecular formula is C25H21ClF3N5O2S. The Morgan fingerprint density at radius 2 is 1.73 bits per heavy atom. The van der Waals surface area contributed by atoms with Crippen molar-refractivity contribution < 1.29 is 21.6 Å². The minimum Gasteiger partial charge on any atom is -0.403 e. The van der Waals surface area contributed by atoms with E-state index >= 15 is 0 Å². The summed E-state index contributed by atoms with van der Waals surface area (Å²) < 4.78 is 65.0. The summed E-state index contributed by atoms with van der Waals surface area (Å²) in [4.78, 5) is 3.59. The maximum absolute atomic E-state index is 13.2. The Kier molecular flexibility index (Phi) is 7.05. The van der Waals surface area contributed by atoms with Crippen molar-refractivity contribution in [2.75, 3.05) is 11.3 Å². The fourth-order valence-corrected chi connectivity index (χ4v) is 4.48. The van der Waals surface area contributed by atoms with Crippen LogP contribution in [0.15, 0.2) is 90.3 Å². The van der Waals surface area contributed by atoms with Crippen molar-refractivity contribution in [2.45, 2.75) is 11.1 Å². The zero-order valence-electron chi connectivity index (χ0n) is 19.3. The molecule has 192 valence electrons. The van der Waals surface area contributed by atoms with Crippen LogP contribution in [-0.2, 0) is 16.0 Å². The first-order valence-electron chi connectivity index (χ1n) is 10.7. The molecule has 0 aliphatic heterocycles. The molecule has 4 N–H and O–H groups in total. The summed E-state index contributed by atoms with van der Waals surface area (Å²) in [6.45, 7) is 0. The van der Waals surface area contributed by atoms with Gasteiger partial charge in [-0.25, -0.2) is 19.2 Å². The third kappa shape index (κ3) is 5.63. The highest BCUT2D eigenvalue weighted by Crippen LogP contribution is 2.35. The summed E-state index contributed by atoms with van der Waals surface area (Å²) in [6, 6.07) is 17.8. The van der Waals surface area contributed by atoms with Crippen LogP contribution in [-0.4, -0.2) is 24.2 Å². The van der Waals surface area contributed by atoms with Gasteiger partial charge in [0, 0.05) is 29.2 Å². The number of alkyl halides is 3. The third-order valence-electron chi connectivity index (χ3n) is 5.54. The lowest BCUT2D eigenvalue weighted by atomic mass is 10.0. The molecule has 0 radical (unpaired) electrons. The van der Waals surface area contributed by atoms with Gasteiger partial charge in [0.15, 0.2) is 15.5 Å². The molecule has 0 atom stereocenters. The van der Waals surface area contributed by atoms with Gasteiger partial charge in [0.25, 0.3) is 0 Å². The fourth-order valence-electron chi connectivity index (χ4n) is 3.69. The van der Waals surface area contributed by atoms with E-state index in [1.807, 2.05) is 0 Å². The average Bonchev–Trinajstić information content (AvgIpc) is 3.36. The lowest BCUT2D eigenvalue weighted by molar-refractivity contribution is -0.140. The van der Waals surface area contributed by atoms with Crippen LogP contribution in [0.1, 0.15) is 11.3 Å². The summed E-state index contributed by atoms with van der Waals surface area (Å²) in [6.07, 6.45) is -0.382. The molecule has 0 unspecified atom stereocenters. The second-order valence-corrected chi connectivity index (χ2v) is 10.5. The van der Waals surface area contributed by atoms with Crippen LogP contribution in [0.4, 0.5) is 18.9 Å². The molecule has 0 saturated carbocycles. The van der Waals surface area contributed by atoms with E-state index in [0.29, 0.717) is 27.4 Å². The quantitative estimate of drug-likeness (QED) is 0.252. The zero-order chi connectivity index (χ0) is 27.0. The van der Waals surface area contributed by atoms with Gasteiger partial charge in [-0.3, -0.25) is 5.01 Å². The molecule has 7 nitrogen and oxygen atoms in total. The monoisotopic (exact) mass is 547 g/mol. The molecule has 0 fully saturated rings. The van der Waals surface area contributed by atoms with Crippen molar-refractivity contribution in [3.05, 3.63) is 102 Å². The number of anilines is 1. The first-order chi connectivity index (χ1) is 17.4. The Morgan fingerprint density at radius 3 is 2.32 bits per heavy atom. The molecule has 0 spiro atoms. The number of imidazole rings is 1. The van der Waals surface area contributed by atoms with Gasteiger partial charge in [0.2, 0.25) is 0 Å². The highest BCUT2D eigenvalue weighted by atomic mass is 35.5. The van der Waals surface area contributed by atoms with Gasteiger partial charge in [-0.15, -0.1) is 0 Å². The predicted molar refractivity (Wildman–Crippen MR) is 137 cm³/mol.